The van der Waals surface area contributed by atoms with Gasteiger partial charge in [-0.05, 0) is 17.7 Å². The fraction of sp³-hybridized carbons (Fsp3) is 0.250. The summed E-state index contributed by atoms with van der Waals surface area (Å²) < 4.78 is 38.3. The van der Waals surface area contributed by atoms with Gasteiger partial charge in [-0.25, -0.2) is 13.1 Å². The van der Waals surface area contributed by atoms with E-state index in [1.165, 1.54) is 13.2 Å². The normalized spacial score (nSPS) is 11.6. The number of hydrogen-bond donors (Lipinski definition) is 1. The number of para-hydroxylation sites is 1. The van der Waals surface area contributed by atoms with Gasteiger partial charge in [-0.2, -0.15) is 0 Å². The summed E-state index contributed by atoms with van der Waals surface area (Å²) in [6.07, 6.45) is 0.534. The van der Waals surface area contributed by atoms with Crippen LogP contribution in [-0.2, 0) is 39.0 Å². The highest BCUT2D eigenvalue weighted by Crippen LogP contribution is 2.27. The van der Waals surface area contributed by atoms with Crippen molar-refractivity contribution >= 4 is 26.9 Å². The number of fused-ring (bicyclic) bond motifs is 1. The van der Waals surface area contributed by atoms with Gasteiger partial charge in [-0.3, -0.25) is 4.79 Å². The Morgan fingerprint density at radius 1 is 1.11 bits per heavy atom. The third kappa shape index (κ3) is 4.04. The fourth-order valence-electron chi connectivity index (χ4n) is 3.07. The lowest BCUT2D eigenvalue weighted by molar-refractivity contribution is -0.118. The molecule has 0 fully saturated rings. The SMILES string of the molecule is CCc1oc2ccccc2c1CC(=O)NS(=O)(=O)c1ccccc1COC. The van der Waals surface area contributed by atoms with Crippen LogP contribution >= 0.6 is 0 Å². The van der Waals surface area contributed by atoms with Crippen LogP contribution in [0.2, 0.25) is 0 Å². The van der Waals surface area contributed by atoms with Crippen molar-refractivity contribution in [2.75, 3.05) is 7.11 Å². The Labute approximate surface area is 158 Å². The van der Waals surface area contributed by atoms with E-state index in [2.05, 4.69) is 4.72 Å². The van der Waals surface area contributed by atoms with Crippen LogP contribution in [-0.4, -0.2) is 21.4 Å². The molecule has 0 aliphatic rings. The number of ether oxygens (including phenoxy) is 1. The van der Waals surface area contributed by atoms with Crippen molar-refractivity contribution in [3.63, 3.8) is 0 Å². The minimum Gasteiger partial charge on any atom is -0.461 e. The summed E-state index contributed by atoms with van der Waals surface area (Å²) in [5.41, 5.74) is 1.89. The molecule has 27 heavy (non-hydrogen) atoms. The van der Waals surface area contributed by atoms with Crippen molar-refractivity contribution in [2.24, 2.45) is 0 Å². The van der Waals surface area contributed by atoms with Gasteiger partial charge in [-0.15, -0.1) is 0 Å². The number of sulfonamides is 1. The van der Waals surface area contributed by atoms with Crippen LogP contribution < -0.4 is 4.72 Å². The van der Waals surface area contributed by atoms with E-state index in [9.17, 15) is 13.2 Å². The summed E-state index contributed by atoms with van der Waals surface area (Å²) in [4.78, 5) is 12.6. The standard InChI is InChI=1S/C20H21NO5S/c1-3-17-16(15-9-5-6-10-18(15)26-17)12-20(22)21-27(23,24)19-11-7-4-8-14(19)13-25-2/h4-11H,3,12-13H2,1-2H3,(H,21,22). The molecule has 142 valence electrons. The Morgan fingerprint density at radius 3 is 2.56 bits per heavy atom. The number of nitrogens with one attached hydrogen (secondary N) is 1. The summed E-state index contributed by atoms with van der Waals surface area (Å²) in [5.74, 6) is 0.0759. The zero-order valence-corrected chi connectivity index (χ0v) is 16.0. The van der Waals surface area contributed by atoms with E-state index in [0.29, 0.717) is 28.9 Å². The first kappa shape index (κ1) is 19.1. The zero-order chi connectivity index (χ0) is 19.4. The van der Waals surface area contributed by atoms with Gasteiger partial charge in [0.05, 0.1) is 17.9 Å². The third-order valence-corrected chi connectivity index (χ3v) is 5.72. The summed E-state index contributed by atoms with van der Waals surface area (Å²) in [5, 5.41) is 0.821. The molecule has 2 aromatic carbocycles. The predicted molar refractivity (Wildman–Crippen MR) is 102 cm³/mol. The van der Waals surface area contributed by atoms with Gasteiger partial charge in [0.1, 0.15) is 11.3 Å². The van der Waals surface area contributed by atoms with E-state index >= 15 is 0 Å². The number of aryl methyl sites for hydroxylation is 1. The summed E-state index contributed by atoms with van der Waals surface area (Å²) >= 11 is 0. The number of methoxy groups -OCH3 is 1. The fourth-order valence-corrected chi connectivity index (χ4v) is 4.28. The topological polar surface area (TPSA) is 85.6 Å². The van der Waals surface area contributed by atoms with Gasteiger partial charge in [0, 0.05) is 24.5 Å². The molecule has 1 heterocycles. The summed E-state index contributed by atoms with van der Waals surface area (Å²) in [6.45, 7) is 2.06. The molecule has 0 saturated heterocycles. The first-order chi connectivity index (χ1) is 13.0. The molecular formula is C20H21NO5S. The van der Waals surface area contributed by atoms with E-state index < -0.39 is 15.9 Å². The quantitative estimate of drug-likeness (QED) is 0.673. The molecular weight excluding hydrogens is 366 g/mol. The third-order valence-electron chi connectivity index (χ3n) is 4.25. The number of carbonyl (C=O) groups is 1. The average molecular weight is 387 g/mol. The van der Waals surface area contributed by atoms with Crippen LogP contribution in [0.5, 0.6) is 0 Å². The first-order valence-electron chi connectivity index (χ1n) is 8.58. The van der Waals surface area contributed by atoms with Crippen molar-refractivity contribution in [3.8, 4) is 0 Å². The molecule has 0 saturated carbocycles. The van der Waals surface area contributed by atoms with Gasteiger partial charge < -0.3 is 9.15 Å². The van der Waals surface area contributed by atoms with Gasteiger partial charge in [0.15, 0.2) is 0 Å². The Hall–Kier alpha value is -2.64. The monoisotopic (exact) mass is 387 g/mol. The van der Waals surface area contributed by atoms with Crippen LogP contribution in [0.3, 0.4) is 0 Å². The molecule has 0 unspecified atom stereocenters. The maximum Gasteiger partial charge on any atom is 0.264 e. The lowest BCUT2D eigenvalue weighted by Gasteiger charge is -2.11. The molecule has 0 aliphatic heterocycles. The molecule has 0 atom stereocenters. The highest BCUT2D eigenvalue weighted by atomic mass is 32.2. The molecule has 1 aromatic heterocycles. The smallest absolute Gasteiger partial charge is 0.264 e. The van der Waals surface area contributed by atoms with E-state index in [0.717, 1.165) is 5.39 Å². The molecule has 3 aromatic rings. The molecule has 0 radical (unpaired) electrons. The number of hydrogen-bond acceptors (Lipinski definition) is 5. The van der Waals surface area contributed by atoms with Crippen molar-refractivity contribution in [1.29, 1.82) is 0 Å². The minimum atomic E-state index is -4.00. The van der Waals surface area contributed by atoms with Crippen LogP contribution in [0.15, 0.2) is 57.8 Å². The van der Waals surface area contributed by atoms with Crippen LogP contribution in [0.4, 0.5) is 0 Å². The van der Waals surface area contributed by atoms with E-state index in [1.54, 1.807) is 18.2 Å². The van der Waals surface area contributed by atoms with Crippen LogP contribution in [0.1, 0.15) is 23.8 Å². The maximum absolute atomic E-state index is 12.7. The van der Waals surface area contributed by atoms with E-state index in [4.69, 9.17) is 9.15 Å². The highest BCUT2D eigenvalue weighted by Gasteiger charge is 2.23. The number of carbonyl (C=O) groups excluding carboxylic acids is 1. The Balaban J connectivity index is 1.86. The summed E-state index contributed by atoms with van der Waals surface area (Å²) in [7, 11) is -2.51. The molecule has 3 rings (SSSR count). The van der Waals surface area contributed by atoms with E-state index in [-0.39, 0.29) is 17.9 Å². The predicted octanol–water partition coefficient (Wildman–Crippen LogP) is 3.19. The Morgan fingerprint density at radius 2 is 1.81 bits per heavy atom. The lowest BCUT2D eigenvalue weighted by atomic mass is 10.1. The molecule has 6 nitrogen and oxygen atoms in total. The van der Waals surface area contributed by atoms with Crippen molar-refractivity contribution in [2.45, 2.75) is 31.3 Å². The Bertz CT molecular complexity index is 1070. The zero-order valence-electron chi connectivity index (χ0n) is 15.2. The summed E-state index contributed by atoms with van der Waals surface area (Å²) in [6, 6.07) is 13.8. The molecule has 7 heteroatoms. The van der Waals surface area contributed by atoms with Gasteiger partial charge >= 0.3 is 0 Å². The lowest BCUT2D eigenvalue weighted by Crippen LogP contribution is -2.32. The number of benzene rings is 2. The van der Waals surface area contributed by atoms with Crippen LogP contribution in [0, 0.1) is 0 Å². The number of amides is 1. The van der Waals surface area contributed by atoms with Crippen molar-refractivity contribution in [3.05, 3.63) is 65.4 Å². The van der Waals surface area contributed by atoms with Gasteiger partial charge in [0.25, 0.3) is 10.0 Å². The number of furan rings is 1. The maximum atomic E-state index is 12.7. The largest absolute Gasteiger partial charge is 0.461 e. The average Bonchev–Trinajstić information content (AvgIpc) is 2.99. The first-order valence-corrected chi connectivity index (χ1v) is 10.1. The van der Waals surface area contributed by atoms with Gasteiger partial charge in [0.2, 0.25) is 5.91 Å². The highest BCUT2D eigenvalue weighted by molar-refractivity contribution is 7.90. The van der Waals surface area contributed by atoms with Crippen LogP contribution in [0.25, 0.3) is 11.0 Å². The number of rotatable bonds is 7. The van der Waals surface area contributed by atoms with Gasteiger partial charge in [-0.1, -0.05) is 43.3 Å². The van der Waals surface area contributed by atoms with Crippen molar-refractivity contribution in [1.82, 2.24) is 4.72 Å². The minimum absolute atomic E-state index is 0.0352. The molecule has 1 amide bonds. The second-order valence-electron chi connectivity index (χ2n) is 6.10. The molecule has 0 spiro atoms. The Kier molecular flexibility index (Phi) is 5.62. The second-order valence-corrected chi connectivity index (χ2v) is 7.75. The molecule has 0 bridgehead atoms. The van der Waals surface area contributed by atoms with E-state index in [1.807, 2.05) is 31.2 Å². The molecule has 1 N–H and O–H groups in total. The molecule has 0 aliphatic carbocycles. The second kappa shape index (κ2) is 7.94. The van der Waals surface area contributed by atoms with Crippen molar-refractivity contribution < 1.29 is 22.4 Å².